The summed E-state index contributed by atoms with van der Waals surface area (Å²) in [5, 5.41) is 10.2. The van der Waals surface area contributed by atoms with Gasteiger partial charge in [-0.3, -0.25) is 0 Å². The molecule has 3 saturated carbocycles. The van der Waals surface area contributed by atoms with Crippen LogP contribution >= 0.6 is 0 Å². The minimum Gasteiger partial charge on any atom is -0.388 e. The van der Waals surface area contributed by atoms with Crippen LogP contribution in [0.4, 0.5) is 0 Å². The molecule has 0 radical (unpaired) electrons. The van der Waals surface area contributed by atoms with Crippen LogP contribution in [-0.4, -0.2) is 38.1 Å². The van der Waals surface area contributed by atoms with Crippen LogP contribution in [0, 0.1) is 23.2 Å². The number of rotatable bonds is 9. The number of fused-ring (bicyclic) bond motifs is 1. The number of benzene rings is 1. The third-order valence-electron chi connectivity index (χ3n) is 9.09. The van der Waals surface area contributed by atoms with E-state index in [0.717, 1.165) is 37.0 Å². The Hall–Kier alpha value is -2.20. The Balaban J connectivity index is 0.000000732. The monoisotopic (exact) mass is 518 g/mol. The predicted molar refractivity (Wildman–Crippen MR) is 161 cm³/mol. The first-order valence-electron chi connectivity index (χ1n) is 14.5. The van der Waals surface area contributed by atoms with Crippen LogP contribution < -0.4 is 0 Å². The number of hydrogen-bond acceptors (Lipinski definition) is 3. The van der Waals surface area contributed by atoms with Gasteiger partial charge < -0.3 is 14.6 Å². The van der Waals surface area contributed by atoms with Crippen LogP contribution in [0.25, 0.3) is 5.57 Å². The molecule has 0 aromatic heterocycles. The first-order chi connectivity index (χ1) is 18.3. The summed E-state index contributed by atoms with van der Waals surface area (Å²) in [6.45, 7) is 18.8. The highest BCUT2D eigenvalue weighted by atomic mass is 16.5. The Morgan fingerprint density at radius 3 is 2.58 bits per heavy atom. The lowest BCUT2D eigenvalue weighted by atomic mass is 9.61. The highest BCUT2D eigenvalue weighted by Gasteiger charge is 2.50. The zero-order chi connectivity index (χ0) is 27.5. The zero-order valence-electron chi connectivity index (χ0n) is 24.1. The smallest absolute Gasteiger partial charge is 0.0787 e. The molecule has 4 rings (SSSR count). The van der Waals surface area contributed by atoms with E-state index in [1.54, 1.807) is 18.8 Å². The van der Waals surface area contributed by atoms with E-state index in [9.17, 15) is 5.11 Å². The molecule has 3 fully saturated rings. The van der Waals surface area contributed by atoms with E-state index < -0.39 is 0 Å². The Morgan fingerprint density at radius 2 is 1.89 bits per heavy atom. The summed E-state index contributed by atoms with van der Waals surface area (Å²) >= 11 is 0. The lowest BCUT2D eigenvalue weighted by Gasteiger charge is -2.44. The molecule has 3 aliphatic carbocycles. The van der Waals surface area contributed by atoms with Crippen molar-refractivity contribution < 1.29 is 14.6 Å². The van der Waals surface area contributed by atoms with Gasteiger partial charge >= 0.3 is 0 Å². The van der Waals surface area contributed by atoms with Gasteiger partial charge in [0.2, 0.25) is 0 Å². The van der Waals surface area contributed by atoms with E-state index in [0.29, 0.717) is 36.4 Å². The molecule has 1 aromatic carbocycles. The minimum absolute atomic E-state index is 0.352. The quantitative estimate of drug-likeness (QED) is 0.334. The number of hydrogen-bond donors (Lipinski definition) is 1. The maximum Gasteiger partial charge on any atom is 0.0787 e. The van der Waals surface area contributed by atoms with Gasteiger partial charge in [0.15, 0.2) is 0 Å². The molecule has 3 heteroatoms. The molecule has 5 atom stereocenters. The fraction of sp³-hybridized carbons (Fsp3) is 0.543. The van der Waals surface area contributed by atoms with Gasteiger partial charge in [-0.25, -0.2) is 0 Å². The van der Waals surface area contributed by atoms with Crippen LogP contribution in [0.2, 0.25) is 0 Å². The van der Waals surface area contributed by atoms with Crippen LogP contribution in [0.1, 0.15) is 70.8 Å². The first-order valence-corrected chi connectivity index (χ1v) is 14.5. The third kappa shape index (κ3) is 7.68. The van der Waals surface area contributed by atoms with Crippen LogP contribution in [0.15, 0.2) is 85.0 Å². The van der Waals surface area contributed by atoms with Gasteiger partial charge in [-0.15, -0.1) is 6.58 Å². The van der Waals surface area contributed by atoms with Crippen molar-refractivity contribution in [2.24, 2.45) is 23.2 Å². The maximum absolute atomic E-state index is 10.2. The fourth-order valence-corrected chi connectivity index (χ4v) is 7.01. The molecule has 0 amide bonds. The molecule has 3 aliphatic rings. The molecular formula is C35H50O3. The summed E-state index contributed by atoms with van der Waals surface area (Å²) in [5.74, 6) is 1.93. The Bertz CT molecular complexity index is 988. The van der Waals surface area contributed by atoms with E-state index >= 15 is 0 Å². The van der Waals surface area contributed by atoms with E-state index in [1.165, 1.54) is 43.2 Å². The molecular weight excluding hydrogens is 468 g/mol. The molecule has 0 aliphatic heterocycles. The summed E-state index contributed by atoms with van der Waals surface area (Å²) in [6, 6.07) is 10.4. The van der Waals surface area contributed by atoms with Crippen molar-refractivity contribution in [1.82, 2.24) is 0 Å². The summed E-state index contributed by atoms with van der Waals surface area (Å²) in [5.41, 5.74) is 6.40. The SMILES string of the molecule is C=C(COC[C@@H](C)[C@H]1CC[C@H]2/C(=C/C=C3/CCCC(O)C3=C)CCCC12C)c1ccccc1.C=CCOC. The first kappa shape index (κ1) is 30.3. The molecule has 1 aromatic rings. The van der Waals surface area contributed by atoms with Gasteiger partial charge in [-0.05, 0) is 96.8 Å². The third-order valence-corrected chi connectivity index (χ3v) is 9.09. The van der Waals surface area contributed by atoms with Crippen molar-refractivity contribution in [1.29, 1.82) is 0 Å². The molecule has 0 spiro atoms. The molecule has 38 heavy (non-hydrogen) atoms. The number of aliphatic hydroxyl groups is 1. The number of aliphatic hydroxyl groups excluding tert-OH is 1. The van der Waals surface area contributed by atoms with Gasteiger partial charge in [0, 0.05) is 13.7 Å². The Kier molecular flexibility index (Phi) is 11.8. The van der Waals surface area contributed by atoms with Crippen LogP contribution in [0.3, 0.4) is 0 Å². The van der Waals surface area contributed by atoms with Crippen molar-refractivity contribution >= 4 is 5.57 Å². The fourth-order valence-electron chi connectivity index (χ4n) is 7.01. The van der Waals surface area contributed by atoms with Crippen molar-refractivity contribution in [2.75, 3.05) is 26.9 Å². The molecule has 1 N–H and O–H groups in total. The van der Waals surface area contributed by atoms with Crippen molar-refractivity contribution in [3.63, 3.8) is 0 Å². The van der Waals surface area contributed by atoms with E-state index in [4.69, 9.17) is 4.74 Å². The summed E-state index contributed by atoms with van der Waals surface area (Å²) < 4.78 is 10.7. The van der Waals surface area contributed by atoms with Gasteiger partial charge in [0.25, 0.3) is 0 Å². The summed E-state index contributed by atoms with van der Waals surface area (Å²) in [7, 11) is 1.64. The lowest BCUT2D eigenvalue weighted by molar-refractivity contribution is 0.0445. The highest BCUT2D eigenvalue weighted by molar-refractivity contribution is 5.63. The zero-order valence-corrected chi connectivity index (χ0v) is 24.1. The number of ether oxygens (including phenoxy) is 2. The van der Waals surface area contributed by atoms with Crippen LogP contribution in [0.5, 0.6) is 0 Å². The Morgan fingerprint density at radius 1 is 1.13 bits per heavy atom. The normalized spacial score (nSPS) is 29.9. The topological polar surface area (TPSA) is 38.7 Å². The second-order valence-electron chi connectivity index (χ2n) is 11.7. The van der Waals surface area contributed by atoms with Crippen LogP contribution in [-0.2, 0) is 9.47 Å². The minimum atomic E-state index is -0.352. The molecule has 0 bridgehead atoms. The van der Waals surface area contributed by atoms with Gasteiger partial charge in [-0.2, -0.15) is 0 Å². The van der Waals surface area contributed by atoms with E-state index in [-0.39, 0.29) is 6.10 Å². The number of methoxy groups -OCH3 is 1. The lowest BCUT2D eigenvalue weighted by Crippen LogP contribution is -2.37. The Labute approximate surface area is 232 Å². The van der Waals surface area contributed by atoms with Crippen molar-refractivity contribution in [3.8, 4) is 0 Å². The highest BCUT2D eigenvalue weighted by Crippen LogP contribution is 2.59. The second kappa shape index (κ2) is 14.8. The number of allylic oxidation sites excluding steroid dienone is 3. The second-order valence-corrected chi connectivity index (χ2v) is 11.7. The maximum atomic E-state index is 10.2. The van der Waals surface area contributed by atoms with E-state index in [1.807, 2.05) is 6.07 Å². The average molecular weight is 519 g/mol. The predicted octanol–water partition coefficient (Wildman–Crippen LogP) is 8.34. The summed E-state index contributed by atoms with van der Waals surface area (Å²) in [4.78, 5) is 0. The molecule has 2 unspecified atom stereocenters. The van der Waals surface area contributed by atoms with Gasteiger partial charge in [0.05, 0.1) is 19.3 Å². The molecule has 208 valence electrons. The largest absolute Gasteiger partial charge is 0.388 e. The van der Waals surface area contributed by atoms with Crippen molar-refractivity contribution in [3.05, 3.63) is 90.6 Å². The average Bonchev–Trinajstić information content (AvgIpc) is 3.28. The molecule has 0 saturated heterocycles. The molecule has 3 nitrogen and oxygen atoms in total. The standard InChI is InChI=1S/C31H42O2.C4H8O/c1-22(25-10-6-5-7-11-25)20-33-21-23(2)28-17-18-29-27(13-9-19-31(28,29)4)16-15-26-12-8-14-30(32)24(26)3;1-3-4-5-2/h5-7,10-11,15-16,23,28-30,32H,1,3,8-9,12-14,17-21H2,2,4H3;3H,1,4H2,2H3/b26-15-,27-16+;/t23-,28-,29+,30?,31?;/m1./s1. The van der Waals surface area contributed by atoms with E-state index in [2.05, 4.69) is 74.7 Å². The van der Waals surface area contributed by atoms with Gasteiger partial charge in [0.1, 0.15) is 0 Å². The molecule has 0 heterocycles. The van der Waals surface area contributed by atoms with Gasteiger partial charge in [-0.1, -0.05) is 81.1 Å². The van der Waals surface area contributed by atoms with Crippen molar-refractivity contribution in [2.45, 2.75) is 71.3 Å². The summed E-state index contributed by atoms with van der Waals surface area (Å²) in [6.07, 6.45) is 15.4.